The number of furan rings is 1. The Morgan fingerprint density at radius 2 is 0.887 bits per heavy atom. The van der Waals surface area contributed by atoms with Crippen molar-refractivity contribution in [1.29, 1.82) is 0 Å². The van der Waals surface area contributed by atoms with Gasteiger partial charge in [0.15, 0.2) is 0 Å². The Bertz CT molecular complexity index is 5860. The Labute approximate surface area is 415 Å². The predicted octanol–water partition coefficient (Wildman–Crippen LogP) is 17.2. The molecule has 1 heterocycles. The summed E-state index contributed by atoms with van der Waals surface area (Å²) in [7, 11) is 0. The lowest BCUT2D eigenvalue weighted by Crippen LogP contribution is -2.10. The number of hydrogen-bond acceptors (Lipinski definition) is 2. The van der Waals surface area contributed by atoms with Gasteiger partial charge in [-0.3, -0.25) is 0 Å². The smallest absolute Gasteiger partial charge is 0.145 e. The summed E-state index contributed by atoms with van der Waals surface area (Å²) in [5.74, 6) is 0. The average Bonchev–Trinajstić information content (AvgIpc) is 1.69. The molecule has 0 amide bonds. The lowest BCUT2D eigenvalue weighted by atomic mass is 9.93. The van der Waals surface area contributed by atoms with Gasteiger partial charge in [-0.25, -0.2) is 0 Å². The molecule has 290 valence electrons. The van der Waals surface area contributed by atoms with Crippen molar-refractivity contribution >= 4 is 71.3 Å². The Hall–Kier alpha value is -8.20. The molecule has 62 heavy (non-hydrogen) atoms. The summed E-state index contributed by atoms with van der Waals surface area (Å²) in [6, 6.07) is -44.2. The molecule has 0 N–H and O–H groups in total. The molecule has 0 radical (unpaired) electrons. The Morgan fingerprint density at radius 3 is 1.66 bits per heavy atom. The van der Waals surface area contributed by atoms with E-state index in [2.05, 4.69) is 0 Å². The van der Waals surface area contributed by atoms with Crippen molar-refractivity contribution in [1.82, 2.24) is 0 Å². The van der Waals surface area contributed by atoms with Crippen molar-refractivity contribution in [3.05, 3.63) is 236 Å². The fraction of sp³-hybridized carbons (Fsp3) is 0. The zero-order valence-electron chi connectivity index (χ0n) is 69.9. The summed E-state index contributed by atoms with van der Waals surface area (Å²) in [6.45, 7) is 0. The van der Waals surface area contributed by atoms with E-state index in [1.807, 2.05) is 0 Å². The quantitative estimate of drug-likeness (QED) is 0.149. The molecule has 0 aliphatic heterocycles. The van der Waals surface area contributed by atoms with Gasteiger partial charge in [-0.2, -0.15) is 0 Å². The predicted molar refractivity (Wildman–Crippen MR) is 263 cm³/mol. The second-order valence-corrected chi connectivity index (χ2v) is 13.0. The van der Waals surface area contributed by atoms with Crippen LogP contribution in [-0.2, 0) is 0 Å². The van der Waals surface area contributed by atoms with Gasteiger partial charge in [-0.1, -0.05) is 187 Å². The number of nitrogens with zero attached hydrogens (tertiary/aromatic N) is 1. The highest BCUT2D eigenvalue weighted by Crippen LogP contribution is 2.48. The second-order valence-electron chi connectivity index (χ2n) is 13.0. The number of benzene rings is 11. The van der Waals surface area contributed by atoms with Crippen LogP contribution in [0.25, 0.3) is 98.8 Å². The number of anilines is 3. The molecule has 0 atom stereocenters. The molecule has 0 saturated heterocycles. The van der Waals surface area contributed by atoms with Gasteiger partial charge in [0, 0.05) is 22.3 Å². The van der Waals surface area contributed by atoms with Crippen LogP contribution < -0.4 is 4.90 Å². The molecule has 12 aromatic rings. The lowest BCUT2D eigenvalue weighted by molar-refractivity contribution is 0.670. The Kier molecular flexibility index (Phi) is 3.33. The number of para-hydroxylation sites is 1. The highest BCUT2D eigenvalue weighted by atomic mass is 16.3. The topological polar surface area (TPSA) is 16.4 Å². The van der Waals surface area contributed by atoms with Gasteiger partial charge in [-0.05, 0) is 120 Å². The third-order valence-corrected chi connectivity index (χ3v) is 9.56. The fourth-order valence-electron chi connectivity index (χ4n) is 6.85. The van der Waals surface area contributed by atoms with Gasteiger partial charge in [0.1, 0.15) is 11.2 Å². The van der Waals surface area contributed by atoms with Crippen LogP contribution >= 0.6 is 0 Å². The fourth-order valence-corrected chi connectivity index (χ4v) is 6.85. The van der Waals surface area contributed by atoms with Crippen molar-refractivity contribution in [3.63, 3.8) is 0 Å². The van der Waals surface area contributed by atoms with E-state index in [1.54, 1.807) is 0 Å². The third-order valence-electron chi connectivity index (χ3n) is 9.56. The molecule has 0 bridgehead atoms. The van der Waals surface area contributed by atoms with Crippen molar-refractivity contribution in [3.8, 4) is 44.5 Å². The van der Waals surface area contributed by atoms with Gasteiger partial charge in [0.05, 0.1) is 64.5 Å². The maximum Gasteiger partial charge on any atom is 0.145 e. The molecule has 0 spiro atoms. The molecular formula is C60H39NO. The SMILES string of the molecule is [2H]c1c([2H])c([2H])c(-c2c([2H])c([2H])c(-c3c([2H])c([2H])c(N(c4c([2H])c([2H])c([2H])c(-c5c([2H])c6c([2H])c([2H])c([2H])c([2H])c6c6c([2H])c([2H])c([2H])c([2H])c56)c4[2H])c4c([2H])c([2H])c(-c5c([2H])c([2H])c([2H])c6c([2H])c([2H])c([2H])c([2H])c56)c5oc6c([2H])c([2H])c([2H])c([2H])c6c45)c([2H])c3[2H])c([2H])c2[2H])c([2H])c1[2H]. The standard InChI is InChI=1S/C60H39NO/c1-2-14-40(15-3-1)41-28-30-42(31-29-41)43-32-34-47(35-33-43)61(48-20-12-19-45(38-48)56-39-46-17-5-7-22-50(46)51-23-8-9-24-53(51)56)57-37-36-54(52-26-13-18-44-16-4-6-21-49(44)52)60-59(57)55-25-10-11-27-58(55)62-60/h1-39H/i1D,2D,3D,4D,5D,6D,7D,8D,9D,10D,11D,12D,13D,14D,15D,16D,17D,18D,19D,20D,21D,22D,23D,24D,25D,26D,27D,28D,29D,30D,31D,32D,33D,34D,35D,36D,37D,38D,39D. The van der Waals surface area contributed by atoms with Gasteiger partial charge in [0.2, 0.25) is 0 Å². The van der Waals surface area contributed by atoms with Crippen LogP contribution in [0.5, 0.6) is 0 Å². The second kappa shape index (κ2) is 14.8. The van der Waals surface area contributed by atoms with Gasteiger partial charge in [0.25, 0.3) is 0 Å². The third kappa shape index (κ3) is 6.04. The van der Waals surface area contributed by atoms with Gasteiger partial charge < -0.3 is 9.32 Å². The van der Waals surface area contributed by atoms with E-state index in [9.17, 15) is 24.7 Å². The summed E-state index contributed by atoms with van der Waals surface area (Å²) >= 11 is 0. The van der Waals surface area contributed by atoms with Crippen molar-refractivity contribution < 1.29 is 57.9 Å². The van der Waals surface area contributed by atoms with Crippen LogP contribution in [-0.4, -0.2) is 0 Å². The highest BCUT2D eigenvalue weighted by Gasteiger charge is 2.23. The zero-order chi connectivity index (χ0) is 74.9. The minimum absolute atomic E-state index is 0.262. The largest absolute Gasteiger partial charge is 0.455 e. The summed E-state index contributed by atoms with van der Waals surface area (Å²) in [5, 5.41) is -6.48. The van der Waals surface area contributed by atoms with Crippen LogP contribution in [0, 0.1) is 0 Å². The molecule has 12 rings (SSSR count). The van der Waals surface area contributed by atoms with E-state index >= 15 is 0 Å². The first kappa shape index (κ1) is 13.9. The van der Waals surface area contributed by atoms with E-state index in [0.29, 0.717) is 0 Å². The van der Waals surface area contributed by atoms with E-state index < -0.39 is 351 Å². The molecular weight excluding hydrogens is 751 g/mol. The lowest BCUT2D eigenvalue weighted by Gasteiger charge is -2.27. The van der Waals surface area contributed by atoms with Gasteiger partial charge in [-0.15, -0.1) is 0 Å². The molecule has 11 aromatic carbocycles. The first-order valence-corrected chi connectivity index (χ1v) is 18.1. The maximum absolute atomic E-state index is 10.4. The molecule has 0 fully saturated rings. The molecule has 0 saturated carbocycles. The average molecular weight is 829 g/mol. The van der Waals surface area contributed by atoms with Crippen molar-refractivity contribution in [2.45, 2.75) is 0 Å². The highest BCUT2D eigenvalue weighted by molar-refractivity contribution is 6.19. The summed E-state index contributed by atoms with van der Waals surface area (Å²) in [5.41, 5.74) is -13.8. The summed E-state index contributed by atoms with van der Waals surface area (Å²) in [6.07, 6.45) is 0. The zero-order valence-corrected chi connectivity index (χ0v) is 30.9. The van der Waals surface area contributed by atoms with Crippen LogP contribution in [0.15, 0.2) is 240 Å². The number of hydrogen-bond donors (Lipinski definition) is 0. The van der Waals surface area contributed by atoms with Crippen LogP contribution in [0.2, 0.25) is 0 Å². The normalized spacial score (nSPS) is 20.4. The number of rotatable bonds is 7. The van der Waals surface area contributed by atoms with E-state index in [0.717, 1.165) is 0 Å². The maximum atomic E-state index is 10.4. The Morgan fingerprint density at radius 1 is 0.323 bits per heavy atom. The number of fused-ring (bicyclic) bond motifs is 7. The molecule has 2 heteroatoms. The van der Waals surface area contributed by atoms with Crippen LogP contribution in [0.4, 0.5) is 17.1 Å². The van der Waals surface area contributed by atoms with E-state index in [4.69, 9.17) is 33.2 Å². The first-order valence-electron chi connectivity index (χ1n) is 37.6. The summed E-state index contributed by atoms with van der Waals surface area (Å²) in [4.78, 5) is 0.262. The Balaban J connectivity index is 1.34. The van der Waals surface area contributed by atoms with Crippen molar-refractivity contribution in [2.24, 2.45) is 0 Å². The van der Waals surface area contributed by atoms with Crippen molar-refractivity contribution in [2.75, 3.05) is 4.90 Å². The van der Waals surface area contributed by atoms with E-state index in [-0.39, 0.29) is 4.90 Å². The summed E-state index contributed by atoms with van der Waals surface area (Å²) < 4.78 is 365. The molecule has 2 nitrogen and oxygen atoms in total. The monoisotopic (exact) mass is 829 g/mol. The minimum atomic E-state index is -1.48. The molecule has 1 aromatic heterocycles. The van der Waals surface area contributed by atoms with E-state index in [1.165, 1.54) is 0 Å². The minimum Gasteiger partial charge on any atom is -0.455 e. The molecule has 0 unspecified atom stereocenters. The first-order chi connectivity index (χ1) is 47.0. The van der Waals surface area contributed by atoms with Gasteiger partial charge >= 0.3 is 0 Å². The van der Waals surface area contributed by atoms with Crippen LogP contribution in [0.1, 0.15) is 53.5 Å². The van der Waals surface area contributed by atoms with Crippen LogP contribution in [0.3, 0.4) is 0 Å². The molecule has 0 aliphatic rings. The molecule has 0 aliphatic carbocycles.